The Hall–Kier alpha value is -1.65. The van der Waals surface area contributed by atoms with Crippen LogP contribution in [0.2, 0.25) is 0 Å². The van der Waals surface area contributed by atoms with Gasteiger partial charge in [-0.3, -0.25) is 0 Å². The van der Waals surface area contributed by atoms with Gasteiger partial charge < -0.3 is 10.1 Å². The van der Waals surface area contributed by atoms with E-state index in [1.54, 1.807) is 11.3 Å². The second-order valence-electron chi connectivity index (χ2n) is 3.53. The van der Waals surface area contributed by atoms with E-state index in [9.17, 15) is 0 Å². The average molecular weight is 229 g/mol. The number of hydrogen-bond donors (Lipinski definition) is 1. The molecule has 3 aromatic rings. The van der Waals surface area contributed by atoms with Crippen molar-refractivity contribution in [3.8, 4) is 10.4 Å². The lowest BCUT2D eigenvalue weighted by Crippen LogP contribution is -2.02. The first-order chi connectivity index (χ1) is 7.90. The van der Waals surface area contributed by atoms with Crippen LogP contribution in [0.15, 0.2) is 42.0 Å². The minimum atomic E-state index is 0.460. The highest BCUT2D eigenvalue weighted by Crippen LogP contribution is 2.28. The molecule has 0 fully saturated rings. The number of rotatable bonds is 2. The van der Waals surface area contributed by atoms with Gasteiger partial charge in [0, 0.05) is 16.6 Å². The first kappa shape index (κ1) is 9.57. The molecule has 0 spiro atoms. The molecule has 0 unspecified atom stereocenters. The van der Waals surface area contributed by atoms with Crippen LogP contribution in [0.25, 0.3) is 16.0 Å². The molecule has 3 heterocycles. The van der Waals surface area contributed by atoms with Crippen molar-refractivity contribution < 1.29 is 0 Å². The van der Waals surface area contributed by atoms with Crippen molar-refractivity contribution >= 4 is 16.9 Å². The van der Waals surface area contributed by atoms with Crippen LogP contribution in [0.5, 0.6) is 0 Å². The normalized spacial score (nSPS) is 11.1. The Balaban J connectivity index is 2.30. The SMILES string of the molecule is NCc1ncc2c(-c3cccs3)cccn12. The molecule has 0 radical (unpaired) electrons. The minimum Gasteiger partial charge on any atom is -0.324 e. The fraction of sp³-hybridized carbons (Fsp3) is 0.0833. The molecule has 0 aliphatic rings. The van der Waals surface area contributed by atoms with E-state index < -0.39 is 0 Å². The van der Waals surface area contributed by atoms with Gasteiger partial charge in [0.1, 0.15) is 5.82 Å². The maximum Gasteiger partial charge on any atom is 0.127 e. The number of thiophene rings is 1. The molecule has 0 saturated heterocycles. The van der Waals surface area contributed by atoms with Crippen molar-refractivity contribution in [3.63, 3.8) is 0 Å². The van der Waals surface area contributed by atoms with Gasteiger partial charge in [-0.1, -0.05) is 6.07 Å². The molecule has 3 aromatic heterocycles. The average Bonchev–Trinajstić information content (AvgIpc) is 2.97. The number of imidazole rings is 1. The molecule has 3 rings (SSSR count). The van der Waals surface area contributed by atoms with E-state index in [1.807, 2.05) is 18.5 Å². The lowest BCUT2D eigenvalue weighted by molar-refractivity contribution is 0.904. The number of pyridine rings is 1. The topological polar surface area (TPSA) is 43.3 Å². The second kappa shape index (κ2) is 3.73. The van der Waals surface area contributed by atoms with Crippen molar-refractivity contribution in [2.45, 2.75) is 6.54 Å². The summed E-state index contributed by atoms with van der Waals surface area (Å²) in [4.78, 5) is 5.59. The molecular formula is C12H11N3S. The number of nitrogens with two attached hydrogens (primary N) is 1. The monoisotopic (exact) mass is 229 g/mol. The second-order valence-corrected chi connectivity index (χ2v) is 4.48. The van der Waals surface area contributed by atoms with Gasteiger partial charge in [-0.2, -0.15) is 0 Å². The summed E-state index contributed by atoms with van der Waals surface area (Å²) in [6, 6.07) is 8.32. The molecule has 0 aromatic carbocycles. The lowest BCUT2D eigenvalue weighted by atomic mass is 10.2. The number of aromatic nitrogens is 2. The largest absolute Gasteiger partial charge is 0.324 e. The van der Waals surface area contributed by atoms with Crippen LogP contribution >= 0.6 is 11.3 Å². The van der Waals surface area contributed by atoms with Gasteiger partial charge in [-0.25, -0.2) is 4.98 Å². The summed E-state index contributed by atoms with van der Waals surface area (Å²) in [5, 5.41) is 2.08. The van der Waals surface area contributed by atoms with Gasteiger partial charge >= 0.3 is 0 Å². The molecule has 0 atom stereocenters. The Morgan fingerprint density at radius 1 is 1.31 bits per heavy atom. The summed E-state index contributed by atoms with van der Waals surface area (Å²) in [6.45, 7) is 0.460. The maximum absolute atomic E-state index is 5.65. The molecule has 80 valence electrons. The Labute approximate surface area is 97.2 Å². The highest BCUT2D eigenvalue weighted by atomic mass is 32.1. The molecule has 3 nitrogen and oxygen atoms in total. The van der Waals surface area contributed by atoms with E-state index in [1.165, 1.54) is 10.4 Å². The summed E-state index contributed by atoms with van der Waals surface area (Å²) in [5.41, 5.74) is 7.98. The summed E-state index contributed by atoms with van der Waals surface area (Å²) in [6.07, 6.45) is 3.89. The Bertz CT molecular complexity index is 610. The molecule has 0 aliphatic carbocycles. The van der Waals surface area contributed by atoms with Crippen LogP contribution in [0, 0.1) is 0 Å². The van der Waals surface area contributed by atoms with Crippen molar-refractivity contribution in [2.75, 3.05) is 0 Å². The van der Waals surface area contributed by atoms with E-state index in [0.717, 1.165) is 11.3 Å². The third-order valence-corrected chi connectivity index (χ3v) is 3.52. The van der Waals surface area contributed by atoms with E-state index in [0.29, 0.717) is 6.54 Å². The third kappa shape index (κ3) is 1.35. The summed E-state index contributed by atoms with van der Waals surface area (Å²) in [5.74, 6) is 0.897. The quantitative estimate of drug-likeness (QED) is 0.733. The molecule has 4 heteroatoms. The van der Waals surface area contributed by atoms with Gasteiger partial charge in [-0.05, 0) is 23.6 Å². The van der Waals surface area contributed by atoms with Crippen LogP contribution in [0.3, 0.4) is 0 Å². The standard InChI is InChI=1S/C12H11N3S/c13-7-12-14-8-10-9(3-1-5-15(10)12)11-4-2-6-16-11/h1-6,8H,7,13H2. The van der Waals surface area contributed by atoms with Crippen LogP contribution in [-0.4, -0.2) is 9.38 Å². The molecule has 2 N–H and O–H groups in total. The summed E-state index contributed by atoms with van der Waals surface area (Å²) < 4.78 is 2.05. The molecule has 16 heavy (non-hydrogen) atoms. The first-order valence-electron chi connectivity index (χ1n) is 5.09. The first-order valence-corrected chi connectivity index (χ1v) is 5.97. The Morgan fingerprint density at radius 3 is 3.00 bits per heavy atom. The molecular weight excluding hydrogens is 218 g/mol. The molecule has 0 aliphatic heterocycles. The third-order valence-electron chi connectivity index (χ3n) is 2.62. The highest BCUT2D eigenvalue weighted by molar-refractivity contribution is 7.13. The van der Waals surface area contributed by atoms with Crippen molar-refractivity contribution in [3.05, 3.63) is 47.9 Å². The maximum atomic E-state index is 5.65. The van der Waals surface area contributed by atoms with Crippen LogP contribution in [0.4, 0.5) is 0 Å². The number of hydrogen-bond acceptors (Lipinski definition) is 3. The van der Waals surface area contributed by atoms with Crippen molar-refractivity contribution in [1.29, 1.82) is 0 Å². The van der Waals surface area contributed by atoms with Gasteiger partial charge in [0.15, 0.2) is 0 Å². The van der Waals surface area contributed by atoms with E-state index in [2.05, 4.69) is 33.0 Å². The molecule has 0 bridgehead atoms. The van der Waals surface area contributed by atoms with Gasteiger partial charge in [-0.15, -0.1) is 11.3 Å². The zero-order valence-electron chi connectivity index (χ0n) is 8.63. The van der Waals surface area contributed by atoms with Gasteiger partial charge in [0.2, 0.25) is 0 Å². The zero-order valence-corrected chi connectivity index (χ0v) is 9.45. The highest BCUT2D eigenvalue weighted by Gasteiger charge is 2.07. The van der Waals surface area contributed by atoms with E-state index in [-0.39, 0.29) is 0 Å². The smallest absolute Gasteiger partial charge is 0.127 e. The van der Waals surface area contributed by atoms with Gasteiger partial charge in [0.25, 0.3) is 0 Å². The fourth-order valence-corrected chi connectivity index (χ4v) is 2.63. The summed E-state index contributed by atoms with van der Waals surface area (Å²) >= 11 is 1.74. The lowest BCUT2D eigenvalue weighted by Gasteiger charge is -2.02. The van der Waals surface area contributed by atoms with E-state index >= 15 is 0 Å². The summed E-state index contributed by atoms with van der Waals surface area (Å²) in [7, 11) is 0. The predicted octanol–water partition coefficient (Wildman–Crippen LogP) is 2.52. The fourth-order valence-electron chi connectivity index (χ4n) is 1.87. The molecule has 0 saturated carbocycles. The number of fused-ring (bicyclic) bond motifs is 1. The predicted molar refractivity (Wildman–Crippen MR) is 66.4 cm³/mol. The van der Waals surface area contributed by atoms with Crippen LogP contribution in [0.1, 0.15) is 5.82 Å². The van der Waals surface area contributed by atoms with Crippen LogP contribution in [-0.2, 0) is 6.54 Å². The van der Waals surface area contributed by atoms with Crippen molar-refractivity contribution in [2.24, 2.45) is 5.73 Å². The van der Waals surface area contributed by atoms with Crippen molar-refractivity contribution in [1.82, 2.24) is 9.38 Å². The minimum absolute atomic E-state index is 0.460. The Morgan fingerprint density at radius 2 is 2.25 bits per heavy atom. The van der Waals surface area contributed by atoms with E-state index in [4.69, 9.17) is 5.73 Å². The van der Waals surface area contributed by atoms with Crippen LogP contribution < -0.4 is 5.73 Å². The molecule has 0 amide bonds. The van der Waals surface area contributed by atoms with Gasteiger partial charge in [0.05, 0.1) is 18.3 Å². The Kier molecular flexibility index (Phi) is 2.23. The zero-order chi connectivity index (χ0) is 11.0. The number of nitrogens with zero attached hydrogens (tertiary/aromatic N) is 2.